The Labute approximate surface area is 114 Å². The van der Waals surface area contributed by atoms with Gasteiger partial charge in [-0.3, -0.25) is 0 Å². The van der Waals surface area contributed by atoms with E-state index < -0.39 is 0 Å². The van der Waals surface area contributed by atoms with Crippen molar-refractivity contribution in [2.75, 3.05) is 13.4 Å². The van der Waals surface area contributed by atoms with Gasteiger partial charge in [0.1, 0.15) is 5.75 Å². The highest BCUT2D eigenvalue weighted by Crippen LogP contribution is 2.22. The van der Waals surface area contributed by atoms with Crippen LogP contribution in [0, 0.1) is 0 Å². The summed E-state index contributed by atoms with van der Waals surface area (Å²) in [5.41, 5.74) is 9.06. The van der Waals surface area contributed by atoms with Crippen LogP contribution < -0.4 is 10.5 Å². The minimum Gasteiger partial charge on any atom is -0.468 e. The average Bonchev–Trinajstić information content (AvgIpc) is 2.48. The van der Waals surface area contributed by atoms with Crippen molar-refractivity contribution in [1.29, 1.82) is 0 Å². The second-order valence-corrected chi connectivity index (χ2v) is 4.18. The topological polar surface area (TPSA) is 44.5 Å². The molecule has 0 aliphatic heterocycles. The molecular formula is C16H19NO2. The van der Waals surface area contributed by atoms with E-state index in [2.05, 4.69) is 24.3 Å². The zero-order valence-corrected chi connectivity index (χ0v) is 11.1. The number of hydrogen-bond acceptors (Lipinski definition) is 3. The molecule has 0 radical (unpaired) electrons. The van der Waals surface area contributed by atoms with E-state index >= 15 is 0 Å². The zero-order chi connectivity index (χ0) is 13.5. The summed E-state index contributed by atoms with van der Waals surface area (Å²) in [5, 5.41) is 0. The summed E-state index contributed by atoms with van der Waals surface area (Å²) in [7, 11) is 0. The zero-order valence-electron chi connectivity index (χ0n) is 11.1. The van der Waals surface area contributed by atoms with Crippen LogP contribution in [0.15, 0.2) is 48.5 Å². The van der Waals surface area contributed by atoms with E-state index in [4.69, 9.17) is 15.2 Å². The normalized spacial score (nSPS) is 10.4. The summed E-state index contributed by atoms with van der Waals surface area (Å²) >= 11 is 0. The monoisotopic (exact) mass is 257 g/mol. The molecule has 2 N–H and O–H groups in total. The summed E-state index contributed by atoms with van der Waals surface area (Å²) in [4.78, 5) is 0. The predicted octanol–water partition coefficient (Wildman–Crippen LogP) is 3.19. The maximum atomic E-state index is 5.59. The minimum atomic E-state index is 0.293. The van der Waals surface area contributed by atoms with E-state index in [1.54, 1.807) is 0 Å². The van der Waals surface area contributed by atoms with Gasteiger partial charge in [-0.2, -0.15) is 0 Å². The SMILES string of the molecule is CCOCOc1ccc(-c2ccc(CN)cc2)cc1. The van der Waals surface area contributed by atoms with Crippen molar-refractivity contribution in [2.24, 2.45) is 5.73 Å². The Balaban J connectivity index is 2.04. The lowest BCUT2D eigenvalue weighted by Gasteiger charge is -2.07. The molecule has 0 saturated heterocycles. The molecule has 0 fully saturated rings. The summed E-state index contributed by atoms with van der Waals surface area (Å²) in [6, 6.07) is 16.2. The first kappa shape index (κ1) is 13.6. The average molecular weight is 257 g/mol. The lowest BCUT2D eigenvalue weighted by Crippen LogP contribution is -2.01. The van der Waals surface area contributed by atoms with Crippen molar-refractivity contribution in [2.45, 2.75) is 13.5 Å². The van der Waals surface area contributed by atoms with Gasteiger partial charge in [-0.05, 0) is 35.7 Å². The van der Waals surface area contributed by atoms with Crippen LogP contribution in [0.3, 0.4) is 0 Å². The molecule has 100 valence electrons. The van der Waals surface area contributed by atoms with Crippen LogP contribution in [0.2, 0.25) is 0 Å². The van der Waals surface area contributed by atoms with Crippen LogP contribution in [-0.2, 0) is 11.3 Å². The van der Waals surface area contributed by atoms with E-state index in [1.807, 2.05) is 31.2 Å². The maximum Gasteiger partial charge on any atom is 0.189 e. The van der Waals surface area contributed by atoms with Gasteiger partial charge in [0.25, 0.3) is 0 Å². The predicted molar refractivity (Wildman–Crippen MR) is 76.9 cm³/mol. The first-order valence-electron chi connectivity index (χ1n) is 6.43. The molecule has 3 nitrogen and oxygen atoms in total. The van der Waals surface area contributed by atoms with Crippen molar-refractivity contribution >= 4 is 0 Å². The van der Waals surface area contributed by atoms with Crippen LogP contribution in [-0.4, -0.2) is 13.4 Å². The van der Waals surface area contributed by atoms with Gasteiger partial charge < -0.3 is 15.2 Å². The molecule has 0 saturated carbocycles. The van der Waals surface area contributed by atoms with E-state index in [9.17, 15) is 0 Å². The lowest BCUT2D eigenvalue weighted by molar-refractivity contribution is 0.0224. The first-order chi connectivity index (χ1) is 9.33. The third-order valence-electron chi connectivity index (χ3n) is 2.89. The number of hydrogen-bond donors (Lipinski definition) is 1. The Bertz CT molecular complexity index is 491. The van der Waals surface area contributed by atoms with Crippen molar-refractivity contribution in [3.63, 3.8) is 0 Å². The quantitative estimate of drug-likeness (QED) is 0.638. The van der Waals surface area contributed by atoms with Crippen LogP contribution in [0.1, 0.15) is 12.5 Å². The molecule has 19 heavy (non-hydrogen) atoms. The summed E-state index contributed by atoms with van der Waals surface area (Å²) in [6.07, 6.45) is 0. The number of nitrogens with two attached hydrogens (primary N) is 1. The van der Waals surface area contributed by atoms with E-state index in [0.717, 1.165) is 16.9 Å². The van der Waals surface area contributed by atoms with Gasteiger partial charge in [0.05, 0.1) is 0 Å². The molecule has 0 spiro atoms. The Hall–Kier alpha value is -1.84. The van der Waals surface area contributed by atoms with Gasteiger partial charge in [-0.1, -0.05) is 36.4 Å². The van der Waals surface area contributed by atoms with Crippen LogP contribution in [0.4, 0.5) is 0 Å². The summed E-state index contributed by atoms with van der Waals surface area (Å²) in [5.74, 6) is 0.816. The van der Waals surface area contributed by atoms with Gasteiger partial charge >= 0.3 is 0 Å². The summed E-state index contributed by atoms with van der Waals surface area (Å²) in [6.45, 7) is 3.47. The Kier molecular flexibility index (Phi) is 4.95. The van der Waals surface area contributed by atoms with E-state index in [0.29, 0.717) is 19.9 Å². The fourth-order valence-corrected chi connectivity index (χ4v) is 1.77. The lowest BCUT2D eigenvalue weighted by atomic mass is 10.0. The van der Waals surface area contributed by atoms with Crippen molar-refractivity contribution in [1.82, 2.24) is 0 Å². The number of ether oxygens (including phenoxy) is 2. The van der Waals surface area contributed by atoms with Crippen molar-refractivity contribution in [3.05, 3.63) is 54.1 Å². The molecular weight excluding hydrogens is 238 g/mol. The maximum absolute atomic E-state index is 5.59. The smallest absolute Gasteiger partial charge is 0.189 e. The molecule has 3 heteroatoms. The van der Waals surface area contributed by atoms with Gasteiger partial charge in [0, 0.05) is 13.2 Å². The highest BCUT2D eigenvalue weighted by atomic mass is 16.7. The fraction of sp³-hybridized carbons (Fsp3) is 0.250. The number of benzene rings is 2. The second-order valence-electron chi connectivity index (χ2n) is 4.18. The summed E-state index contributed by atoms with van der Waals surface area (Å²) < 4.78 is 10.6. The second kappa shape index (κ2) is 6.92. The van der Waals surface area contributed by atoms with Crippen molar-refractivity contribution < 1.29 is 9.47 Å². The molecule has 0 unspecified atom stereocenters. The first-order valence-corrected chi connectivity index (χ1v) is 6.43. The van der Waals surface area contributed by atoms with Crippen molar-refractivity contribution in [3.8, 4) is 16.9 Å². The third-order valence-corrected chi connectivity index (χ3v) is 2.89. The molecule has 0 heterocycles. The highest BCUT2D eigenvalue weighted by molar-refractivity contribution is 5.64. The van der Waals surface area contributed by atoms with Gasteiger partial charge in [0.2, 0.25) is 0 Å². The van der Waals surface area contributed by atoms with Crippen LogP contribution in [0.25, 0.3) is 11.1 Å². The molecule has 2 aromatic carbocycles. The Morgan fingerprint density at radius 3 is 2.00 bits per heavy atom. The third kappa shape index (κ3) is 3.81. The van der Waals surface area contributed by atoms with Gasteiger partial charge in [-0.25, -0.2) is 0 Å². The van der Waals surface area contributed by atoms with E-state index in [1.165, 1.54) is 5.56 Å². The molecule has 2 aromatic rings. The molecule has 2 rings (SSSR count). The number of rotatable bonds is 6. The van der Waals surface area contributed by atoms with Gasteiger partial charge in [0.15, 0.2) is 6.79 Å². The largest absolute Gasteiger partial charge is 0.468 e. The Morgan fingerprint density at radius 1 is 0.895 bits per heavy atom. The molecule has 0 aromatic heterocycles. The standard InChI is InChI=1S/C16H19NO2/c1-2-18-12-19-16-9-7-15(8-10-16)14-5-3-13(11-17)4-6-14/h3-10H,2,11-12,17H2,1H3. The van der Waals surface area contributed by atoms with Crippen LogP contribution >= 0.6 is 0 Å². The molecule has 0 aliphatic carbocycles. The highest BCUT2D eigenvalue weighted by Gasteiger charge is 1.99. The molecule has 0 bridgehead atoms. The minimum absolute atomic E-state index is 0.293. The van der Waals surface area contributed by atoms with Gasteiger partial charge in [-0.15, -0.1) is 0 Å². The molecule has 0 amide bonds. The molecule has 0 aliphatic rings. The van der Waals surface area contributed by atoms with Crippen LogP contribution in [0.5, 0.6) is 5.75 Å². The fourth-order valence-electron chi connectivity index (χ4n) is 1.77. The Morgan fingerprint density at radius 2 is 1.47 bits per heavy atom. The molecule has 0 atom stereocenters. The van der Waals surface area contributed by atoms with E-state index in [-0.39, 0.29) is 0 Å².